The number of hydrogen-bond donors (Lipinski definition) is 0. The Morgan fingerprint density at radius 3 is 2.43 bits per heavy atom. The van der Waals surface area contributed by atoms with E-state index in [1.54, 1.807) is 0 Å². The highest BCUT2D eigenvalue weighted by Gasteiger charge is 2.40. The Morgan fingerprint density at radius 1 is 0.739 bits per heavy atom. The van der Waals surface area contributed by atoms with Crippen molar-refractivity contribution in [1.82, 2.24) is 0 Å². The Bertz CT molecular complexity index is 1080. The second kappa shape index (κ2) is 4.44. The van der Waals surface area contributed by atoms with E-state index in [1.165, 1.54) is 0 Å². The minimum Gasteiger partial charge on any atom is -0.456 e. The molecule has 0 saturated heterocycles. The topological polar surface area (TPSA) is 22.4 Å². The molecular formula is C19H10Cl2O2. The molecular weight excluding hydrogens is 331 g/mol. The van der Waals surface area contributed by atoms with Crippen molar-refractivity contribution < 1.29 is 9.15 Å². The minimum atomic E-state index is -1.16. The zero-order valence-corrected chi connectivity index (χ0v) is 13.4. The summed E-state index contributed by atoms with van der Waals surface area (Å²) in [6.07, 6.45) is 0. The monoisotopic (exact) mass is 340 g/mol. The summed E-state index contributed by atoms with van der Waals surface area (Å²) in [6.45, 7) is 0. The lowest BCUT2D eigenvalue weighted by Crippen LogP contribution is -2.19. The molecule has 112 valence electrons. The van der Waals surface area contributed by atoms with Gasteiger partial charge in [0.05, 0.1) is 5.39 Å². The Kier molecular flexibility index (Phi) is 2.56. The van der Waals surface area contributed by atoms with Crippen molar-refractivity contribution in [2.24, 2.45) is 0 Å². The van der Waals surface area contributed by atoms with Gasteiger partial charge in [-0.2, -0.15) is 0 Å². The highest BCUT2D eigenvalue weighted by molar-refractivity contribution is 6.50. The quantitative estimate of drug-likeness (QED) is 0.347. The molecule has 3 aromatic carbocycles. The first kappa shape index (κ1) is 13.3. The molecule has 0 spiro atoms. The van der Waals surface area contributed by atoms with Gasteiger partial charge in [-0.1, -0.05) is 59.6 Å². The normalized spacial score (nSPS) is 15.2. The highest BCUT2D eigenvalue weighted by atomic mass is 35.5. The van der Waals surface area contributed by atoms with Crippen molar-refractivity contribution in [2.75, 3.05) is 0 Å². The van der Waals surface area contributed by atoms with E-state index in [9.17, 15) is 0 Å². The fourth-order valence-corrected chi connectivity index (χ4v) is 3.82. The van der Waals surface area contributed by atoms with Crippen LogP contribution in [0.2, 0.25) is 0 Å². The van der Waals surface area contributed by atoms with Crippen molar-refractivity contribution in [3.05, 3.63) is 71.8 Å². The third-order valence-electron chi connectivity index (χ3n) is 4.27. The predicted octanol–water partition coefficient (Wildman–Crippen LogP) is 6.37. The largest absolute Gasteiger partial charge is 0.456 e. The third-order valence-corrected chi connectivity index (χ3v) is 5.09. The molecule has 4 aromatic rings. The summed E-state index contributed by atoms with van der Waals surface area (Å²) in [7, 11) is 0. The van der Waals surface area contributed by atoms with Crippen LogP contribution in [0.1, 0.15) is 11.1 Å². The molecule has 1 aromatic heterocycles. The van der Waals surface area contributed by atoms with Gasteiger partial charge in [-0.3, -0.25) is 0 Å². The molecule has 23 heavy (non-hydrogen) atoms. The number of benzene rings is 3. The lowest BCUT2D eigenvalue weighted by Gasteiger charge is -2.30. The minimum absolute atomic E-state index is 0.663. The van der Waals surface area contributed by atoms with Crippen molar-refractivity contribution in [2.45, 2.75) is 4.33 Å². The molecule has 0 aliphatic carbocycles. The first-order valence-corrected chi connectivity index (χ1v) is 8.02. The zero-order chi connectivity index (χ0) is 15.6. The molecule has 0 atom stereocenters. The molecule has 0 radical (unpaired) electrons. The number of para-hydroxylation sites is 2. The Labute approximate surface area is 142 Å². The maximum atomic E-state index is 6.71. The van der Waals surface area contributed by atoms with Gasteiger partial charge in [-0.25, -0.2) is 0 Å². The third kappa shape index (κ3) is 1.71. The van der Waals surface area contributed by atoms with Crippen LogP contribution < -0.4 is 4.74 Å². The van der Waals surface area contributed by atoms with E-state index in [-0.39, 0.29) is 0 Å². The molecule has 1 aliphatic rings. The molecule has 2 nitrogen and oxygen atoms in total. The fraction of sp³-hybridized carbons (Fsp3) is 0.0526. The van der Waals surface area contributed by atoms with E-state index in [2.05, 4.69) is 0 Å². The second-order valence-corrected chi connectivity index (χ2v) is 6.91. The van der Waals surface area contributed by atoms with Gasteiger partial charge in [0.1, 0.15) is 22.7 Å². The van der Waals surface area contributed by atoms with Gasteiger partial charge in [-0.05, 0) is 24.3 Å². The molecule has 1 aliphatic heterocycles. The molecule has 2 heterocycles. The summed E-state index contributed by atoms with van der Waals surface area (Å²) in [5, 5.41) is 1.89. The fourth-order valence-electron chi connectivity index (χ4n) is 3.21. The van der Waals surface area contributed by atoms with Gasteiger partial charge in [0.2, 0.25) is 0 Å². The number of rotatable bonds is 0. The molecule has 0 unspecified atom stereocenters. The number of fused-ring (bicyclic) bond motifs is 6. The van der Waals surface area contributed by atoms with Gasteiger partial charge in [0.25, 0.3) is 0 Å². The SMILES string of the molecule is ClC1(Cl)c2ccccc2Oc2c1ccc1oc3ccccc3c21. The zero-order valence-electron chi connectivity index (χ0n) is 11.8. The van der Waals surface area contributed by atoms with E-state index in [0.29, 0.717) is 11.5 Å². The molecule has 4 heteroatoms. The smallest absolute Gasteiger partial charge is 0.175 e. The van der Waals surface area contributed by atoms with E-state index in [1.807, 2.05) is 60.7 Å². The van der Waals surface area contributed by atoms with Crippen LogP contribution in [0.5, 0.6) is 11.5 Å². The van der Waals surface area contributed by atoms with Crippen LogP contribution in [0.25, 0.3) is 21.9 Å². The van der Waals surface area contributed by atoms with E-state index in [0.717, 1.165) is 33.1 Å². The molecule has 0 amide bonds. The van der Waals surface area contributed by atoms with E-state index < -0.39 is 4.33 Å². The summed E-state index contributed by atoms with van der Waals surface area (Å²) in [4.78, 5) is 0. The average Bonchev–Trinajstić information content (AvgIpc) is 2.94. The Morgan fingerprint density at radius 2 is 1.52 bits per heavy atom. The lowest BCUT2D eigenvalue weighted by molar-refractivity contribution is 0.459. The molecule has 0 bridgehead atoms. The number of ether oxygens (including phenoxy) is 1. The Balaban J connectivity index is 1.93. The van der Waals surface area contributed by atoms with Crippen molar-refractivity contribution in [3.63, 3.8) is 0 Å². The van der Waals surface area contributed by atoms with Crippen LogP contribution in [-0.2, 0) is 4.33 Å². The van der Waals surface area contributed by atoms with Gasteiger partial charge < -0.3 is 9.15 Å². The number of halogens is 2. The molecule has 0 saturated carbocycles. The van der Waals surface area contributed by atoms with Crippen LogP contribution in [0.15, 0.2) is 65.1 Å². The maximum Gasteiger partial charge on any atom is 0.175 e. The summed E-state index contributed by atoms with van der Waals surface area (Å²) in [5.74, 6) is 1.33. The van der Waals surface area contributed by atoms with Gasteiger partial charge in [0.15, 0.2) is 4.33 Å². The number of furan rings is 1. The van der Waals surface area contributed by atoms with Crippen LogP contribution in [0.4, 0.5) is 0 Å². The predicted molar refractivity (Wildman–Crippen MR) is 92.7 cm³/mol. The average molecular weight is 341 g/mol. The van der Waals surface area contributed by atoms with Crippen LogP contribution in [-0.4, -0.2) is 0 Å². The molecule has 0 N–H and O–H groups in total. The van der Waals surface area contributed by atoms with Gasteiger partial charge >= 0.3 is 0 Å². The maximum absolute atomic E-state index is 6.71. The summed E-state index contributed by atoms with van der Waals surface area (Å²) in [6, 6.07) is 19.2. The molecule has 5 rings (SSSR count). The number of hydrogen-bond acceptors (Lipinski definition) is 2. The molecule has 0 fully saturated rings. The second-order valence-electron chi connectivity index (χ2n) is 5.59. The summed E-state index contributed by atoms with van der Waals surface area (Å²) in [5.41, 5.74) is 3.06. The van der Waals surface area contributed by atoms with Crippen LogP contribution in [0.3, 0.4) is 0 Å². The van der Waals surface area contributed by atoms with Crippen molar-refractivity contribution in [3.8, 4) is 11.5 Å². The van der Waals surface area contributed by atoms with Crippen molar-refractivity contribution in [1.29, 1.82) is 0 Å². The summed E-state index contributed by atoms with van der Waals surface area (Å²) >= 11 is 13.4. The lowest BCUT2D eigenvalue weighted by atomic mass is 9.96. The van der Waals surface area contributed by atoms with Gasteiger partial charge in [-0.15, -0.1) is 0 Å². The van der Waals surface area contributed by atoms with Crippen LogP contribution in [0, 0.1) is 0 Å². The summed E-state index contributed by atoms with van der Waals surface area (Å²) < 4.78 is 10.9. The first-order chi connectivity index (χ1) is 11.2. The highest BCUT2D eigenvalue weighted by Crippen LogP contribution is 2.55. The first-order valence-electron chi connectivity index (χ1n) is 7.26. The van der Waals surface area contributed by atoms with Crippen molar-refractivity contribution >= 4 is 45.1 Å². The standard InChI is InChI=1S/C19H10Cl2O2/c20-19(21)12-6-2-4-8-15(12)23-18-13(19)9-10-16-17(18)11-5-1-3-7-14(11)22-16/h1-10H. The van der Waals surface area contributed by atoms with Gasteiger partial charge in [0, 0.05) is 16.5 Å². The van der Waals surface area contributed by atoms with Crippen LogP contribution >= 0.6 is 23.2 Å². The number of alkyl halides is 2. The van der Waals surface area contributed by atoms with E-state index >= 15 is 0 Å². The Hall–Kier alpha value is -2.16. The van der Waals surface area contributed by atoms with E-state index in [4.69, 9.17) is 32.4 Å².